The number of H-pyrrole nitrogens is 2. The number of carbonyl (C=O) groups excluding carboxylic acids is 1. The summed E-state index contributed by atoms with van der Waals surface area (Å²) in [6.45, 7) is 1.87. The second-order valence-corrected chi connectivity index (χ2v) is 4.19. The fraction of sp³-hybridized carbons (Fsp3) is 0.286. The molecule has 0 atom stereocenters. The Balaban J connectivity index is 2.45. The van der Waals surface area contributed by atoms with Gasteiger partial charge in [-0.1, -0.05) is 6.92 Å². The van der Waals surface area contributed by atoms with Crippen LogP contribution in [0.15, 0.2) is 23.0 Å². The van der Waals surface area contributed by atoms with Gasteiger partial charge in [-0.25, -0.2) is 4.79 Å². The number of methoxy groups -OCH3 is 2. The van der Waals surface area contributed by atoms with E-state index in [1.54, 1.807) is 18.2 Å². The molecule has 2 aromatic rings. The predicted molar refractivity (Wildman–Crippen MR) is 73.8 cm³/mol. The number of aromatic amines is 2. The van der Waals surface area contributed by atoms with Gasteiger partial charge < -0.3 is 19.4 Å². The van der Waals surface area contributed by atoms with Crippen LogP contribution in [0, 0.1) is 0 Å². The van der Waals surface area contributed by atoms with Gasteiger partial charge in [-0.05, 0) is 24.6 Å². The maximum Gasteiger partial charge on any atom is 0.323 e. The van der Waals surface area contributed by atoms with Crippen molar-refractivity contribution in [1.29, 1.82) is 0 Å². The zero-order chi connectivity index (χ0) is 14.7. The first-order valence-corrected chi connectivity index (χ1v) is 6.18. The van der Waals surface area contributed by atoms with Crippen molar-refractivity contribution in [2.24, 2.45) is 0 Å². The van der Waals surface area contributed by atoms with Crippen molar-refractivity contribution in [3.63, 3.8) is 0 Å². The van der Waals surface area contributed by atoms with Crippen molar-refractivity contribution >= 4 is 5.78 Å². The Kier molecular flexibility index (Phi) is 3.93. The molecule has 0 aliphatic carbocycles. The van der Waals surface area contributed by atoms with E-state index in [1.165, 1.54) is 14.2 Å². The quantitative estimate of drug-likeness (QED) is 0.811. The van der Waals surface area contributed by atoms with Gasteiger partial charge in [0.1, 0.15) is 5.69 Å². The smallest absolute Gasteiger partial charge is 0.323 e. The number of ketones is 1. The highest BCUT2D eigenvalue weighted by Crippen LogP contribution is 2.28. The van der Waals surface area contributed by atoms with E-state index in [-0.39, 0.29) is 17.2 Å². The third-order valence-corrected chi connectivity index (χ3v) is 3.03. The fourth-order valence-corrected chi connectivity index (χ4v) is 2.00. The average molecular weight is 276 g/mol. The first-order valence-electron chi connectivity index (χ1n) is 6.18. The normalized spacial score (nSPS) is 10.3. The van der Waals surface area contributed by atoms with E-state index >= 15 is 0 Å². The fourth-order valence-electron chi connectivity index (χ4n) is 2.00. The van der Waals surface area contributed by atoms with E-state index in [1.807, 2.05) is 6.92 Å². The lowest BCUT2D eigenvalue weighted by molar-refractivity contribution is 0.103. The molecule has 0 saturated heterocycles. The summed E-state index contributed by atoms with van der Waals surface area (Å²) in [5, 5.41) is 0. The molecule has 0 aliphatic heterocycles. The van der Waals surface area contributed by atoms with Crippen molar-refractivity contribution in [3.05, 3.63) is 45.6 Å². The third-order valence-electron chi connectivity index (χ3n) is 3.03. The Bertz CT molecular complexity index is 685. The number of imidazole rings is 1. The summed E-state index contributed by atoms with van der Waals surface area (Å²) in [6, 6.07) is 4.88. The molecule has 6 heteroatoms. The highest BCUT2D eigenvalue weighted by molar-refractivity contribution is 6.08. The van der Waals surface area contributed by atoms with E-state index in [9.17, 15) is 9.59 Å². The van der Waals surface area contributed by atoms with E-state index in [0.29, 0.717) is 29.2 Å². The van der Waals surface area contributed by atoms with Gasteiger partial charge in [-0.2, -0.15) is 0 Å². The summed E-state index contributed by atoms with van der Waals surface area (Å²) in [7, 11) is 3.03. The Morgan fingerprint density at radius 3 is 2.45 bits per heavy atom. The predicted octanol–water partition coefficient (Wildman–Crippen LogP) is 1.51. The molecule has 20 heavy (non-hydrogen) atoms. The number of ether oxygens (including phenoxy) is 2. The number of nitrogens with one attached hydrogen (secondary N) is 2. The van der Waals surface area contributed by atoms with Gasteiger partial charge in [-0.15, -0.1) is 0 Å². The summed E-state index contributed by atoms with van der Waals surface area (Å²) >= 11 is 0. The lowest BCUT2D eigenvalue weighted by atomic mass is 10.1. The van der Waals surface area contributed by atoms with E-state index in [4.69, 9.17) is 9.47 Å². The van der Waals surface area contributed by atoms with Crippen LogP contribution >= 0.6 is 0 Å². The summed E-state index contributed by atoms with van der Waals surface area (Å²) in [5.74, 6) is 0.748. The molecule has 0 spiro atoms. The molecule has 0 aliphatic rings. The van der Waals surface area contributed by atoms with Crippen LogP contribution in [-0.2, 0) is 6.42 Å². The van der Waals surface area contributed by atoms with E-state index < -0.39 is 0 Å². The minimum atomic E-state index is -0.384. The minimum absolute atomic E-state index is 0.263. The highest BCUT2D eigenvalue weighted by Gasteiger charge is 2.18. The van der Waals surface area contributed by atoms with Gasteiger partial charge >= 0.3 is 5.69 Å². The Labute approximate surface area is 115 Å². The molecule has 0 fully saturated rings. The summed E-state index contributed by atoms with van der Waals surface area (Å²) in [6.07, 6.45) is 0.563. The second-order valence-electron chi connectivity index (χ2n) is 4.19. The van der Waals surface area contributed by atoms with Gasteiger partial charge in [0.05, 0.1) is 14.2 Å². The molecule has 0 unspecified atom stereocenters. The number of carbonyl (C=O) groups is 1. The molecule has 0 amide bonds. The van der Waals surface area contributed by atoms with Gasteiger partial charge in [0, 0.05) is 11.3 Å². The van der Waals surface area contributed by atoms with Crippen molar-refractivity contribution in [3.8, 4) is 11.5 Å². The van der Waals surface area contributed by atoms with Crippen LogP contribution in [0.5, 0.6) is 11.5 Å². The molecule has 0 radical (unpaired) electrons. The van der Waals surface area contributed by atoms with Crippen molar-refractivity contribution in [1.82, 2.24) is 9.97 Å². The molecule has 2 N–H and O–H groups in total. The molecule has 0 bridgehead atoms. The molecule has 6 nitrogen and oxygen atoms in total. The average Bonchev–Trinajstić information content (AvgIpc) is 2.86. The lowest BCUT2D eigenvalue weighted by Crippen LogP contribution is -2.07. The number of aryl methyl sites for hydroxylation is 1. The van der Waals surface area contributed by atoms with Crippen molar-refractivity contribution < 1.29 is 14.3 Å². The first kappa shape index (κ1) is 13.9. The van der Waals surface area contributed by atoms with Gasteiger partial charge in [0.2, 0.25) is 5.78 Å². The topological polar surface area (TPSA) is 84.2 Å². The maximum absolute atomic E-state index is 12.4. The Morgan fingerprint density at radius 1 is 1.15 bits per heavy atom. The number of rotatable bonds is 5. The standard InChI is InChI=1S/C14H16N2O4/c1-4-9-12(16-14(18)15-9)13(17)8-5-6-10(19-2)11(7-8)20-3/h5-7H,4H2,1-3H3,(H2,15,16,18). The number of hydrogen-bond donors (Lipinski definition) is 2. The molecular weight excluding hydrogens is 260 g/mol. The van der Waals surface area contributed by atoms with Crippen LogP contribution in [0.25, 0.3) is 0 Å². The van der Waals surface area contributed by atoms with Gasteiger partial charge in [0.25, 0.3) is 0 Å². The molecule has 2 rings (SSSR count). The van der Waals surface area contributed by atoms with Crippen LogP contribution in [0.2, 0.25) is 0 Å². The molecular formula is C14H16N2O4. The molecule has 0 saturated carbocycles. The van der Waals surface area contributed by atoms with E-state index in [0.717, 1.165) is 0 Å². The van der Waals surface area contributed by atoms with Crippen LogP contribution in [0.1, 0.15) is 28.7 Å². The minimum Gasteiger partial charge on any atom is -0.493 e. The van der Waals surface area contributed by atoms with Gasteiger partial charge in [-0.3, -0.25) is 4.79 Å². The monoisotopic (exact) mass is 276 g/mol. The van der Waals surface area contributed by atoms with Crippen LogP contribution in [0.3, 0.4) is 0 Å². The number of aromatic nitrogens is 2. The molecule has 106 valence electrons. The SMILES string of the molecule is CCc1[nH]c(=O)[nH]c1C(=O)c1ccc(OC)c(OC)c1. The highest BCUT2D eigenvalue weighted by atomic mass is 16.5. The summed E-state index contributed by atoms with van der Waals surface area (Å²) in [5.41, 5.74) is 0.915. The summed E-state index contributed by atoms with van der Waals surface area (Å²) in [4.78, 5) is 28.9. The van der Waals surface area contributed by atoms with Crippen LogP contribution in [-0.4, -0.2) is 30.0 Å². The largest absolute Gasteiger partial charge is 0.493 e. The lowest BCUT2D eigenvalue weighted by Gasteiger charge is -2.09. The third kappa shape index (κ3) is 2.45. The van der Waals surface area contributed by atoms with Crippen LogP contribution < -0.4 is 15.2 Å². The zero-order valence-corrected chi connectivity index (χ0v) is 11.6. The number of benzene rings is 1. The molecule has 1 aromatic carbocycles. The Hall–Kier alpha value is -2.50. The van der Waals surface area contributed by atoms with Crippen LogP contribution in [0.4, 0.5) is 0 Å². The number of hydrogen-bond acceptors (Lipinski definition) is 4. The van der Waals surface area contributed by atoms with Crippen molar-refractivity contribution in [2.45, 2.75) is 13.3 Å². The molecule has 1 heterocycles. The maximum atomic E-state index is 12.4. The van der Waals surface area contributed by atoms with Crippen molar-refractivity contribution in [2.75, 3.05) is 14.2 Å². The zero-order valence-electron chi connectivity index (χ0n) is 11.6. The molecule has 1 aromatic heterocycles. The summed E-state index contributed by atoms with van der Waals surface area (Å²) < 4.78 is 10.3. The van der Waals surface area contributed by atoms with E-state index in [2.05, 4.69) is 9.97 Å². The van der Waals surface area contributed by atoms with Gasteiger partial charge in [0.15, 0.2) is 11.5 Å². The first-order chi connectivity index (χ1) is 9.60. The Morgan fingerprint density at radius 2 is 1.85 bits per heavy atom. The second kappa shape index (κ2) is 5.64.